The van der Waals surface area contributed by atoms with Crippen LogP contribution in [0.5, 0.6) is 0 Å². The fraction of sp³-hybridized carbons (Fsp3) is 0.308. The van der Waals surface area contributed by atoms with Crippen LogP contribution in [0.1, 0.15) is 23.7 Å². The molecule has 0 aliphatic heterocycles. The Morgan fingerprint density at radius 3 is 2.69 bits per heavy atom. The van der Waals surface area contributed by atoms with E-state index in [1.165, 1.54) is 0 Å². The fourth-order valence-corrected chi connectivity index (χ4v) is 1.19. The van der Waals surface area contributed by atoms with E-state index in [-0.39, 0.29) is 5.97 Å². The Hall–Kier alpha value is -1.77. The van der Waals surface area contributed by atoms with Gasteiger partial charge in [0, 0.05) is 12.2 Å². The van der Waals surface area contributed by atoms with Crippen molar-refractivity contribution < 1.29 is 9.53 Å². The smallest absolute Gasteiger partial charge is 0.338 e. The highest BCUT2D eigenvalue weighted by Gasteiger charge is 2.05. The van der Waals surface area contributed by atoms with Gasteiger partial charge >= 0.3 is 5.97 Å². The van der Waals surface area contributed by atoms with E-state index in [1.807, 2.05) is 19.1 Å². The van der Waals surface area contributed by atoms with E-state index in [0.717, 1.165) is 12.1 Å². The maximum Gasteiger partial charge on any atom is 0.338 e. The number of benzene rings is 1. The minimum atomic E-state index is -0.267. The molecule has 0 unspecified atom stereocenters. The zero-order valence-corrected chi connectivity index (χ0v) is 9.53. The number of carbonyl (C=O) groups is 1. The van der Waals surface area contributed by atoms with Gasteiger partial charge in [-0.3, -0.25) is 0 Å². The topological polar surface area (TPSA) is 38.3 Å². The Bertz CT molecular complexity index is 343. The fourth-order valence-electron chi connectivity index (χ4n) is 1.19. The standard InChI is InChI=1S/C13H17NO2/c1-3-9-14-12-7-5-11(6-8-12)13(15)16-10-4-2/h3,5-8,14H,1,4,9-10H2,2H3. The van der Waals surface area contributed by atoms with Gasteiger partial charge in [0.2, 0.25) is 0 Å². The number of anilines is 1. The lowest BCUT2D eigenvalue weighted by atomic mass is 10.2. The number of ether oxygens (including phenoxy) is 1. The molecular formula is C13H17NO2. The molecule has 0 fully saturated rings. The van der Waals surface area contributed by atoms with Crippen LogP contribution in [0, 0.1) is 0 Å². The minimum Gasteiger partial charge on any atom is -0.462 e. The van der Waals surface area contributed by atoms with Crippen molar-refractivity contribution in [2.45, 2.75) is 13.3 Å². The molecule has 0 aliphatic rings. The molecule has 0 atom stereocenters. The molecule has 0 radical (unpaired) electrons. The molecule has 0 saturated carbocycles. The van der Waals surface area contributed by atoms with Crippen molar-refractivity contribution in [2.75, 3.05) is 18.5 Å². The lowest BCUT2D eigenvalue weighted by molar-refractivity contribution is 0.0505. The Labute approximate surface area is 96.1 Å². The van der Waals surface area contributed by atoms with E-state index in [2.05, 4.69) is 11.9 Å². The quantitative estimate of drug-likeness (QED) is 0.590. The molecule has 0 spiro atoms. The van der Waals surface area contributed by atoms with Gasteiger partial charge in [0.05, 0.1) is 12.2 Å². The summed E-state index contributed by atoms with van der Waals surface area (Å²) in [6.07, 6.45) is 2.62. The largest absolute Gasteiger partial charge is 0.462 e. The first-order chi connectivity index (χ1) is 7.77. The maximum atomic E-state index is 11.5. The Balaban J connectivity index is 2.56. The van der Waals surface area contributed by atoms with Crippen molar-refractivity contribution in [3.8, 4) is 0 Å². The minimum absolute atomic E-state index is 0.267. The number of esters is 1. The molecule has 0 saturated heterocycles. The molecule has 0 amide bonds. The van der Waals surface area contributed by atoms with E-state index < -0.39 is 0 Å². The van der Waals surface area contributed by atoms with Crippen molar-refractivity contribution in [3.05, 3.63) is 42.5 Å². The van der Waals surface area contributed by atoms with E-state index in [1.54, 1.807) is 18.2 Å². The van der Waals surface area contributed by atoms with Gasteiger partial charge in [0.1, 0.15) is 0 Å². The number of hydrogen-bond acceptors (Lipinski definition) is 3. The van der Waals surface area contributed by atoms with E-state index in [0.29, 0.717) is 18.7 Å². The Morgan fingerprint density at radius 2 is 2.12 bits per heavy atom. The summed E-state index contributed by atoms with van der Waals surface area (Å²) in [5.41, 5.74) is 1.55. The average molecular weight is 219 g/mol. The normalized spacial score (nSPS) is 9.56. The van der Waals surface area contributed by atoms with Crippen LogP contribution in [0.2, 0.25) is 0 Å². The summed E-state index contributed by atoms with van der Waals surface area (Å²) in [6, 6.07) is 7.21. The summed E-state index contributed by atoms with van der Waals surface area (Å²) < 4.78 is 5.02. The van der Waals surface area contributed by atoms with Crippen molar-refractivity contribution in [2.24, 2.45) is 0 Å². The van der Waals surface area contributed by atoms with Crippen molar-refractivity contribution in [1.29, 1.82) is 0 Å². The van der Waals surface area contributed by atoms with Gasteiger partial charge in [-0.1, -0.05) is 13.0 Å². The zero-order valence-electron chi connectivity index (χ0n) is 9.53. The second-order valence-electron chi connectivity index (χ2n) is 3.38. The highest BCUT2D eigenvalue weighted by Crippen LogP contribution is 2.10. The lowest BCUT2D eigenvalue weighted by Gasteiger charge is -2.05. The molecule has 16 heavy (non-hydrogen) atoms. The monoisotopic (exact) mass is 219 g/mol. The summed E-state index contributed by atoms with van der Waals surface area (Å²) in [7, 11) is 0. The molecule has 3 nitrogen and oxygen atoms in total. The van der Waals surface area contributed by atoms with E-state index in [4.69, 9.17) is 4.74 Å². The number of nitrogens with one attached hydrogen (secondary N) is 1. The lowest BCUT2D eigenvalue weighted by Crippen LogP contribution is -2.06. The molecule has 1 aromatic rings. The van der Waals surface area contributed by atoms with Crippen molar-refractivity contribution >= 4 is 11.7 Å². The summed E-state index contributed by atoms with van der Waals surface area (Å²) in [4.78, 5) is 11.5. The summed E-state index contributed by atoms with van der Waals surface area (Å²) in [5.74, 6) is -0.267. The second-order valence-corrected chi connectivity index (χ2v) is 3.38. The van der Waals surface area contributed by atoms with Crippen LogP contribution < -0.4 is 5.32 Å². The summed E-state index contributed by atoms with van der Waals surface area (Å²) in [6.45, 7) is 6.76. The predicted molar refractivity (Wildman–Crippen MR) is 65.7 cm³/mol. The third-order valence-corrected chi connectivity index (χ3v) is 2.01. The first-order valence-electron chi connectivity index (χ1n) is 5.40. The van der Waals surface area contributed by atoms with Crippen molar-refractivity contribution in [1.82, 2.24) is 0 Å². The molecule has 0 heterocycles. The summed E-state index contributed by atoms with van der Waals surface area (Å²) >= 11 is 0. The number of rotatable bonds is 6. The maximum absolute atomic E-state index is 11.5. The van der Waals surface area contributed by atoms with Crippen LogP contribution in [0.25, 0.3) is 0 Å². The van der Waals surface area contributed by atoms with Crippen LogP contribution in [0.15, 0.2) is 36.9 Å². The SMILES string of the molecule is C=CCNc1ccc(C(=O)OCCC)cc1. The van der Waals surface area contributed by atoms with Gasteiger partial charge in [-0.05, 0) is 30.7 Å². The van der Waals surface area contributed by atoms with Gasteiger partial charge in [0.15, 0.2) is 0 Å². The molecule has 86 valence electrons. The third-order valence-electron chi connectivity index (χ3n) is 2.01. The van der Waals surface area contributed by atoms with Gasteiger partial charge in [-0.25, -0.2) is 4.79 Å². The van der Waals surface area contributed by atoms with E-state index in [9.17, 15) is 4.79 Å². The first kappa shape index (κ1) is 12.3. The Kier molecular flexibility index (Phi) is 5.12. The van der Waals surface area contributed by atoms with Crippen LogP contribution in [0.3, 0.4) is 0 Å². The van der Waals surface area contributed by atoms with Gasteiger partial charge in [-0.15, -0.1) is 6.58 Å². The molecule has 1 aromatic carbocycles. The van der Waals surface area contributed by atoms with Gasteiger partial charge in [-0.2, -0.15) is 0 Å². The van der Waals surface area contributed by atoms with Crippen LogP contribution in [-0.2, 0) is 4.74 Å². The molecule has 3 heteroatoms. The highest BCUT2D eigenvalue weighted by atomic mass is 16.5. The third kappa shape index (κ3) is 3.77. The van der Waals surface area contributed by atoms with Crippen LogP contribution in [0.4, 0.5) is 5.69 Å². The first-order valence-corrected chi connectivity index (χ1v) is 5.40. The molecule has 1 N–H and O–H groups in total. The van der Waals surface area contributed by atoms with Gasteiger partial charge in [0.25, 0.3) is 0 Å². The predicted octanol–water partition coefficient (Wildman–Crippen LogP) is 2.85. The molecule has 0 aromatic heterocycles. The second kappa shape index (κ2) is 6.67. The molecule has 0 aliphatic carbocycles. The van der Waals surface area contributed by atoms with E-state index >= 15 is 0 Å². The molecule has 1 rings (SSSR count). The number of carbonyl (C=O) groups excluding carboxylic acids is 1. The van der Waals surface area contributed by atoms with Crippen molar-refractivity contribution in [3.63, 3.8) is 0 Å². The summed E-state index contributed by atoms with van der Waals surface area (Å²) in [5, 5.41) is 3.13. The highest BCUT2D eigenvalue weighted by molar-refractivity contribution is 5.89. The average Bonchev–Trinajstić information content (AvgIpc) is 2.34. The zero-order chi connectivity index (χ0) is 11.8. The Morgan fingerprint density at radius 1 is 1.44 bits per heavy atom. The van der Waals surface area contributed by atoms with Gasteiger partial charge < -0.3 is 10.1 Å². The van der Waals surface area contributed by atoms with Crippen LogP contribution in [-0.4, -0.2) is 19.1 Å². The molecule has 0 bridgehead atoms. The molecular weight excluding hydrogens is 202 g/mol. The van der Waals surface area contributed by atoms with Crippen LogP contribution >= 0.6 is 0 Å². The number of hydrogen-bond donors (Lipinski definition) is 1.